The van der Waals surface area contributed by atoms with Crippen LogP contribution in [0.4, 0.5) is 0 Å². The van der Waals surface area contributed by atoms with Crippen molar-refractivity contribution in [2.45, 2.75) is 58.0 Å². The number of hydrogen-bond acceptors (Lipinski definition) is 5. The molecule has 2 saturated heterocycles. The molecule has 0 spiro atoms. The Morgan fingerprint density at radius 3 is 2.62 bits per heavy atom. The van der Waals surface area contributed by atoms with Crippen LogP contribution < -0.4 is 0 Å². The van der Waals surface area contributed by atoms with Gasteiger partial charge in [-0.1, -0.05) is 6.07 Å². The molecule has 2 amide bonds. The molecule has 0 radical (unpaired) electrons. The number of likely N-dealkylation sites (tertiary alicyclic amines) is 2. The van der Waals surface area contributed by atoms with E-state index in [9.17, 15) is 9.59 Å². The fourth-order valence-corrected chi connectivity index (χ4v) is 5.54. The minimum atomic E-state index is -0.372. The topological polar surface area (TPSA) is 71.3 Å². The van der Waals surface area contributed by atoms with Crippen LogP contribution in [-0.2, 0) is 4.79 Å². The number of hydrogen-bond donors (Lipinski definition) is 0. The summed E-state index contributed by atoms with van der Waals surface area (Å²) in [6.45, 7) is 6.34. The fraction of sp³-hybridized carbons (Fsp3) is 0.500. The SMILES string of the molecule is CC(C)n1ncc2c(C(=O)N3CCCC[C@@H]3C(=O)N3CCCC3)cc(-c3cccs3)nc21. The molecule has 8 heteroatoms. The van der Waals surface area contributed by atoms with E-state index in [2.05, 4.69) is 18.9 Å². The van der Waals surface area contributed by atoms with Crippen molar-refractivity contribution in [3.8, 4) is 10.6 Å². The van der Waals surface area contributed by atoms with Gasteiger partial charge in [-0.25, -0.2) is 9.67 Å². The molecule has 0 bridgehead atoms. The van der Waals surface area contributed by atoms with Gasteiger partial charge in [-0.2, -0.15) is 5.10 Å². The average Bonchev–Trinajstić information content (AvgIpc) is 3.58. The lowest BCUT2D eigenvalue weighted by atomic mass is 9.99. The van der Waals surface area contributed by atoms with Crippen LogP contribution >= 0.6 is 11.3 Å². The second kappa shape index (κ2) is 8.65. The van der Waals surface area contributed by atoms with Gasteiger partial charge in [-0.15, -0.1) is 11.3 Å². The summed E-state index contributed by atoms with van der Waals surface area (Å²) < 4.78 is 1.87. The zero-order valence-corrected chi connectivity index (χ0v) is 19.5. The summed E-state index contributed by atoms with van der Waals surface area (Å²) in [6, 6.07) is 5.64. The molecule has 2 fully saturated rings. The van der Waals surface area contributed by atoms with Gasteiger partial charge in [0.25, 0.3) is 5.91 Å². The Labute approximate surface area is 192 Å². The van der Waals surface area contributed by atoms with Crippen molar-refractivity contribution in [3.63, 3.8) is 0 Å². The average molecular weight is 452 g/mol. The molecule has 0 aliphatic carbocycles. The van der Waals surface area contributed by atoms with Crippen LogP contribution in [0.5, 0.6) is 0 Å². The molecule has 7 nitrogen and oxygen atoms in total. The Morgan fingerprint density at radius 1 is 1.12 bits per heavy atom. The maximum absolute atomic E-state index is 13.9. The van der Waals surface area contributed by atoms with E-state index in [4.69, 9.17) is 4.98 Å². The van der Waals surface area contributed by atoms with Crippen LogP contribution in [0.25, 0.3) is 21.6 Å². The first-order valence-corrected chi connectivity index (χ1v) is 12.4. The zero-order valence-electron chi connectivity index (χ0n) is 18.7. The monoisotopic (exact) mass is 451 g/mol. The van der Waals surface area contributed by atoms with Crippen molar-refractivity contribution >= 4 is 34.2 Å². The van der Waals surface area contributed by atoms with Crippen molar-refractivity contribution < 1.29 is 9.59 Å². The number of fused-ring (bicyclic) bond motifs is 1. The highest BCUT2D eigenvalue weighted by Gasteiger charge is 2.36. The van der Waals surface area contributed by atoms with Crippen molar-refractivity contribution in [1.29, 1.82) is 0 Å². The van der Waals surface area contributed by atoms with Crippen LogP contribution in [0.15, 0.2) is 29.8 Å². The number of carbonyl (C=O) groups is 2. The van der Waals surface area contributed by atoms with Crippen molar-refractivity contribution in [2.75, 3.05) is 19.6 Å². The van der Waals surface area contributed by atoms with Crippen molar-refractivity contribution in [3.05, 3.63) is 35.3 Å². The van der Waals surface area contributed by atoms with E-state index < -0.39 is 0 Å². The van der Waals surface area contributed by atoms with Crippen LogP contribution in [0.3, 0.4) is 0 Å². The number of pyridine rings is 1. The molecule has 2 aliphatic heterocycles. The Balaban J connectivity index is 1.57. The van der Waals surface area contributed by atoms with Gasteiger partial charge < -0.3 is 9.80 Å². The van der Waals surface area contributed by atoms with E-state index >= 15 is 0 Å². The smallest absolute Gasteiger partial charge is 0.255 e. The molecule has 0 aromatic carbocycles. The Bertz CT molecular complexity index is 1130. The lowest BCUT2D eigenvalue weighted by Crippen LogP contribution is -2.52. The molecular weight excluding hydrogens is 422 g/mol. The first kappa shape index (κ1) is 21.1. The minimum Gasteiger partial charge on any atom is -0.341 e. The summed E-state index contributed by atoms with van der Waals surface area (Å²) in [5, 5.41) is 7.30. The van der Waals surface area contributed by atoms with Crippen molar-refractivity contribution in [1.82, 2.24) is 24.6 Å². The maximum Gasteiger partial charge on any atom is 0.255 e. The first-order valence-electron chi connectivity index (χ1n) is 11.6. The molecule has 168 valence electrons. The summed E-state index contributed by atoms with van der Waals surface area (Å²) in [5.41, 5.74) is 2.08. The number of amides is 2. The van der Waals surface area contributed by atoms with Crippen molar-refractivity contribution in [2.24, 2.45) is 0 Å². The highest BCUT2D eigenvalue weighted by Crippen LogP contribution is 2.31. The van der Waals surface area contributed by atoms with Crippen LogP contribution in [-0.4, -0.2) is 62.1 Å². The highest BCUT2D eigenvalue weighted by molar-refractivity contribution is 7.13. The van der Waals surface area contributed by atoms with Gasteiger partial charge in [-0.05, 0) is 63.5 Å². The summed E-state index contributed by atoms with van der Waals surface area (Å²) >= 11 is 1.60. The molecule has 5 heterocycles. The summed E-state index contributed by atoms with van der Waals surface area (Å²) in [6.07, 6.45) is 6.48. The number of nitrogens with zero attached hydrogens (tertiary/aromatic N) is 5. The predicted octanol–water partition coefficient (Wildman–Crippen LogP) is 4.36. The lowest BCUT2D eigenvalue weighted by molar-refractivity contribution is -0.136. The molecule has 5 rings (SSSR count). The maximum atomic E-state index is 13.9. The van der Waals surface area contributed by atoms with E-state index in [0.29, 0.717) is 17.8 Å². The zero-order chi connectivity index (χ0) is 22.2. The van der Waals surface area contributed by atoms with Gasteiger partial charge in [0.15, 0.2) is 5.65 Å². The fourth-order valence-electron chi connectivity index (χ4n) is 4.86. The quantitative estimate of drug-likeness (QED) is 0.591. The second-order valence-corrected chi connectivity index (χ2v) is 9.94. The summed E-state index contributed by atoms with van der Waals surface area (Å²) in [5.74, 6) is 0.0213. The number of thiophene rings is 1. The highest BCUT2D eigenvalue weighted by atomic mass is 32.1. The third-order valence-electron chi connectivity index (χ3n) is 6.53. The molecule has 3 aromatic heterocycles. The van der Waals surface area contributed by atoms with E-state index in [0.717, 1.165) is 61.2 Å². The Morgan fingerprint density at radius 2 is 1.91 bits per heavy atom. The van der Waals surface area contributed by atoms with E-state index in [1.165, 1.54) is 0 Å². The van der Waals surface area contributed by atoms with Gasteiger partial charge in [0.1, 0.15) is 6.04 Å². The molecule has 0 N–H and O–H groups in total. The summed E-state index contributed by atoms with van der Waals surface area (Å²) in [7, 11) is 0. The van der Waals surface area contributed by atoms with Crippen LogP contribution in [0, 0.1) is 0 Å². The minimum absolute atomic E-state index is 0.0873. The number of piperidine rings is 1. The van der Waals surface area contributed by atoms with Gasteiger partial charge in [0, 0.05) is 25.7 Å². The van der Waals surface area contributed by atoms with E-state index in [1.54, 1.807) is 17.5 Å². The third kappa shape index (κ3) is 3.70. The molecule has 0 unspecified atom stereocenters. The molecule has 0 saturated carbocycles. The van der Waals surface area contributed by atoms with Gasteiger partial charge in [-0.3, -0.25) is 9.59 Å². The van der Waals surface area contributed by atoms with Gasteiger partial charge >= 0.3 is 0 Å². The first-order chi connectivity index (χ1) is 15.5. The van der Waals surface area contributed by atoms with E-state index in [1.807, 2.05) is 38.1 Å². The lowest BCUT2D eigenvalue weighted by Gasteiger charge is -2.37. The predicted molar refractivity (Wildman–Crippen MR) is 126 cm³/mol. The third-order valence-corrected chi connectivity index (χ3v) is 7.42. The Kier molecular flexibility index (Phi) is 5.71. The largest absolute Gasteiger partial charge is 0.341 e. The molecule has 32 heavy (non-hydrogen) atoms. The van der Waals surface area contributed by atoms with Gasteiger partial charge in [0.2, 0.25) is 5.91 Å². The Hall–Kier alpha value is -2.74. The number of rotatable bonds is 4. The van der Waals surface area contributed by atoms with Crippen LogP contribution in [0.2, 0.25) is 0 Å². The standard InChI is InChI=1S/C24H29N5O2S/c1-16(2)29-22-18(15-25-29)17(14-19(26-22)21-9-7-13-32-21)23(30)28-12-4-3-8-20(28)24(31)27-10-5-6-11-27/h7,9,13-16,20H,3-6,8,10-12H2,1-2H3/t20-/m1/s1. The van der Waals surface area contributed by atoms with Crippen LogP contribution in [0.1, 0.15) is 62.4 Å². The molecular formula is C24H29N5O2S. The van der Waals surface area contributed by atoms with Gasteiger partial charge in [0.05, 0.1) is 27.7 Å². The second-order valence-electron chi connectivity index (χ2n) is 9.00. The number of carbonyl (C=O) groups excluding carboxylic acids is 2. The van der Waals surface area contributed by atoms with E-state index in [-0.39, 0.29) is 23.9 Å². The molecule has 1 atom stereocenters. The normalized spacial score (nSPS) is 19.3. The molecule has 2 aliphatic rings. The number of aromatic nitrogens is 3. The summed E-state index contributed by atoms with van der Waals surface area (Å²) in [4.78, 5) is 36.8. The molecule has 3 aromatic rings.